The van der Waals surface area contributed by atoms with Crippen LogP contribution in [-0.2, 0) is 5.92 Å². The van der Waals surface area contributed by atoms with Crippen molar-refractivity contribution in [1.82, 2.24) is 9.88 Å². The Morgan fingerprint density at radius 2 is 1.86 bits per heavy atom. The summed E-state index contributed by atoms with van der Waals surface area (Å²) in [4.78, 5) is 22.2. The van der Waals surface area contributed by atoms with Gasteiger partial charge in [0.25, 0.3) is 5.92 Å². The number of halogens is 4. The van der Waals surface area contributed by atoms with Gasteiger partial charge in [0.2, 0.25) is 0 Å². The number of pyridine rings is 1. The molecule has 0 unspecified atom stereocenters. The Balaban J connectivity index is 1.25. The zero-order valence-corrected chi connectivity index (χ0v) is 16.2. The maximum atomic E-state index is 14.3. The highest BCUT2D eigenvalue weighted by Gasteiger charge is 2.55. The molecule has 2 aromatic rings. The van der Waals surface area contributed by atoms with Gasteiger partial charge in [-0.15, -0.1) is 0 Å². The maximum absolute atomic E-state index is 14.3. The lowest BCUT2D eigenvalue weighted by Gasteiger charge is -2.61. The van der Waals surface area contributed by atoms with Gasteiger partial charge < -0.3 is 9.80 Å². The average Bonchev–Trinajstić information content (AvgIpc) is 2.61. The quantitative estimate of drug-likeness (QED) is 0.694. The van der Waals surface area contributed by atoms with Crippen molar-refractivity contribution in [1.29, 1.82) is 0 Å². The number of nitrogens with zero attached hydrogens (tertiary/aromatic N) is 4. The number of likely N-dealkylation sites (tertiary alicyclic amines) is 1. The Hall–Kier alpha value is -2.48. The third kappa shape index (κ3) is 3.01. The van der Waals surface area contributed by atoms with Gasteiger partial charge in [0.15, 0.2) is 0 Å². The lowest BCUT2D eigenvalue weighted by molar-refractivity contribution is -0.0171. The number of aromatic nitrogens is 1. The molecule has 1 aromatic carbocycles. The van der Waals surface area contributed by atoms with Gasteiger partial charge in [0.1, 0.15) is 11.6 Å². The number of amides is 2. The number of carbonyl (C=O) groups excluding carboxylic acids is 1. The molecule has 0 bridgehead atoms. The standard InChI is InChI=1S/C20H18ClF3N4O/c21-13-1-3-16-15(7-13)20(23,24)5-6-28(16)18(29)27-11-19(12-27)9-26(10-19)17-4-2-14(22)8-25-17/h1-4,7-8H,5-6,9-12H2. The van der Waals surface area contributed by atoms with E-state index >= 15 is 0 Å². The smallest absolute Gasteiger partial charge is 0.324 e. The van der Waals surface area contributed by atoms with E-state index in [2.05, 4.69) is 4.98 Å². The highest BCUT2D eigenvalue weighted by atomic mass is 35.5. The molecule has 0 aliphatic carbocycles. The van der Waals surface area contributed by atoms with Gasteiger partial charge in [-0.05, 0) is 30.3 Å². The van der Waals surface area contributed by atoms with Crippen LogP contribution in [0.4, 0.5) is 29.5 Å². The molecule has 0 N–H and O–H groups in total. The topological polar surface area (TPSA) is 39.7 Å². The van der Waals surface area contributed by atoms with E-state index in [0.29, 0.717) is 18.9 Å². The van der Waals surface area contributed by atoms with E-state index < -0.39 is 12.3 Å². The normalized spacial score (nSPS) is 21.4. The van der Waals surface area contributed by atoms with Crippen molar-refractivity contribution in [2.75, 3.05) is 42.5 Å². The molecule has 4 heterocycles. The fraction of sp³-hybridized carbons (Fsp3) is 0.400. The van der Waals surface area contributed by atoms with Crippen molar-refractivity contribution in [3.8, 4) is 0 Å². The summed E-state index contributed by atoms with van der Waals surface area (Å²) in [7, 11) is 0. The van der Waals surface area contributed by atoms with E-state index in [-0.39, 0.29) is 40.1 Å². The van der Waals surface area contributed by atoms with Gasteiger partial charge in [-0.1, -0.05) is 11.6 Å². The molecule has 29 heavy (non-hydrogen) atoms. The molecule has 9 heteroatoms. The number of alkyl halides is 2. The van der Waals surface area contributed by atoms with Crippen LogP contribution in [0.15, 0.2) is 36.5 Å². The Morgan fingerprint density at radius 1 is 1.10 bits per heavy atom. The van der Waals surface area contributed by atoms with Gasteiger partial charge in [-0.25, -0.2) is 22.9 Å². The summed E-state index contributed by atoms with van der Waals surface area (Å²) in [6.45, 7) is 2.58. The number of carbonyl (C=O) groups is 1. The molecule has 0 atom stereocenters. The predicted molar refractivity (Wildman–Crippen MR) is 103 cm³/mol. The summed E-state index contributed by atoms with van der Waals surface area (Å²) in [6, 6.07) is 7.02. The first-order valence-electron chi connectivity index (χ1n) is 9.37. The van der Waals surface area contributed by atoms with Crippen LogP contribution in [0.25, 0.3) is 0 Å². The van der Waals surface area contributed by atoms with Gasteiger partial charge in [-0.2, -0.15) is 0 Å². The number of urea groups is 1. The minimum Gasteiger partial charge on any atom is -0.355 e. The second-order valence-corrected chi connectivity index (χ2v) is 8.53. The maximum Gasteiger partial charge on any atom is 0.324 e. The van der Waals surface area contributed by atoms with Gasteiger partial charge in [-0.3, -0.25) is 4.90 Å². The third-order valence-corrected chi connectivity index (χ3v) is 6.17. The van der Waals surface area contributed by atoms with Crippen LogP contribution in [-0.4, -0.2) is 48.6 Å². The van der Waals surface area contributed by atoms with Crippen LogP contribution in [0.5, 0.6) is 0 Å². The monoisotopic (exact) mass is 422 g/mol. The van der Waals surface area contributed by atoms with Crippen LogP contribution in [0, 0.1) is 11.2 Å². The summed E-state index contributed by atoms with van der Waals surface area (Å²) < 4.78 is 41.6. The lowest BCUT2D eigenvalue weighted by atomic mass is 9.73. The van der Waals surface area contributed by atoms with Crippen molar-refractivity contribution < 1.29 is 18.0 Å². The first kappa shape index (κ1) is 18.5. The molecule has 0 radical (unpaired) electrons. The zero-order valence-electron chi connectivity index (χ0n) is 15.4. The highest BCUT2D eigenvalue weighted by molar-refractivity contribution is 6.30. The van der Waals surface area contributed by atoms with Crippen LogP contribution in [0.3, 0.4) is 0 Å². The number of rotatable bonds is 1. The molecule has 2 amide bonds. The molecule has 2 fully saturated rings. The van der Waals surface area contributed by atoms with Gasteiger partial charge >= 0.3 is 6.03 Å². The number of benzene rings is 1. The molecule has 152 valence electrons. The fourth-order valence-corrected chi connectivity index (χ4v) is 4.66. The Morgan fingerprint density at radius 3 is 2.55 bits per heavy atom. The minimum absolute atomic E-state index is 0.00568. The summed E-state index contributed by atoms with van der Waals surface area (Å²) in [5, 5.41) is 0.226. The number of fused-ring (bicyclic) bond motifs is 1. The Labute approximate surface area is 170 Å². The van der Waals surface area contributed by atoms with E-state index in [0.717, 1.165) is 13.1 Å². The lowest BCUT2D eigenvalue weighted by Crippen LogP contribution is -2.74. The van der Waals surface area contributed by atoms with E-state index in [1.165, 1.54) is 35.4 Å². The predicted octanol–water partition coefficient (Wildman–Crippen LogP) is 4.12. The molecule has 2 saturated heterocycles. The summed E-state index contributed by atoms with van der Waals surface area (Å²) >= 11 is 5.89. The SMILES string of the molecule is O=C(N1CC2(C1)CN(c1ccc(F)cn1)C2)N1CCC(F)(F)c2cc(Cl)ccc21. The molecule has 1 aromatic heterocycles. The molecule has 3 aliphatic heterocycles. The summed E-state index contributed by atoms with van der Waals surface area (Å²) in [6.07, 6.45) is 0.766. The first-order chi connectivity index (χ1) is 13.8. The van der Waals surface area contributed by atoms with Crippen LogP contribution >= 0.6 is 11.6 Å². The van der Waals surface area contributed by atoms with E-state index in [4.69, 9.17) is 11.6 Å². The molecule has 5 rings (SSSR count). The Bertz CT molecular complexity index is 970. The Kier molecular flexibility index (Phi) is 4.00. The second kappa shape index (κ2) is 6.26. The van der Waals surface area contributed by atoms with Crippen molar-refractivity contribution >= 4 is 29.1 Å². The fourth-order valence-electron chi connectivity index (χ4n) is 4.49. The summed E-state index contributed by atoms with van der Waals surface area (Å²) in [5.41, 5.74) is 0.0215. The molecule has 1 spiro atoms. The number of hydrogen-bond donors (Lipinski definition) is 0. The largest absolute Gasteiger partial charge is 0.355 e. The molecular formula is C20H18ClF3N4O. The number of anilines is 2. The zero-order chi connectivity index (χ0) is 20.4. The van der Waals surface area contributed by atoms with Crippen molar-refractivity contribution in [3.63, 3.8) is 0 Å². The molecule has 0 saturated carbocycles. The first-order valence-corrected chi connectivity index (χ1v) is 9.75. The van der Waals surface area contributed by atoms with Crippen LogP contribution in [0.1, 0.15) is 12.0 Å². The van der Waals surface area contributed by atoms with Crippen molar-refractivity contribution in [2.45, 2.75) is 12.3 Å². The van der Waals surface area contributed by atoms with E-state index in [1.54, 1.807) is 11.0 Å². The second-order valence-electron chi connectivity index (χ2n) is 8.10. The molecule has 3 aliphatic rings. The van der Waals surface area contributed by atoms with E-state index in [1.807, 2.05) is 4.90 Å². The highest BCUT2D eigenvalue weighted by Crippen LogP contribution is 2.46. The average molecular weight is 423 g/mol. The van der Waals surface area contributed by atoms with Gasteiger partial charge in [0, 0.05) is 55.1 Å². The van der Waals surface area contributed by atoms with Gasteiger partial charge in [0.05, 0.1) is 11.9 Å². The number of hydrogen-bond acceptors (Lipinski definition) is 3. The molecule has 5 nitrogen and oxygen atoms in total. The van der Waals surface area contributed by atoms with Crippen LogP contribution < -0.4 is 9.80 Å². The third-order valence-electron chi connectivity index (χ3n) is 5.94. The summed E-state index contributed by atoms with van der Waals surface area (Å²) in [5.74, 6) is -2.66. The molecular weight excluding hydrogens is 405 g/mol. The van der Waals surface area contributed by atoms with Crippen LogP contribution in [0.2, 0.25) is 5.02 Å². The van der Waals surface area contributed by atoms with Crippen molar-refractivity contribution in [3.05, 3.63) is 52.9 Å². The van der Waals surface area contributed by atoms with E-state index in [9.17, 15) is 18.0 Å². The minimum atomic E-state index is -3.00. The van der Waals surface area contributed by atoms with Crippen molar-refractivity contribution in [2.24, 2.45) is 5.41 Å².